The van der Waals surface area contributed by atoms with Gasteiger partial charge in [0.2, 0.25) is 0 Å². The molecule has 3 aromatic rings. The molecule has 0 bridgehead atoms. The van der Waals surface area contributed by atoms with E-state index in [2.05, 4.69) is 93.0 Å². The Kier molecular flexibility index (Phi) is 4.27. The van der Waals surface area contributed by atoms with Crippen molar-refractivity contribution in [3.63, 3.8) is 0 Å². The number of aromatic nitrogens is 1. The molecule has 0 unspecified atom stereocenters. The lowest BCUT2D eigenvalue weighted by molar-refractivity contribution is -0.0936. The van der Waals surface area contributed by atoms with Gasteiger partial charge in [-0.2, -0.15) is 0 Å². The second-order valence-electron chi connectivity index (χ2n) is 9.36. The topological polar surface area (TPSA) is 23.4 Å². The number of hydrogen-bond donors (Lipinski definition) is 0. The van der Waals surface area contributed by atoms with E-state index in [0.29, 0.717) is 6.61 Å². The molecule has 0 amide bonds. The van der Waals surface area contributed by atoms with Crippen molar-refractivity contribution in [3.05, 3.63) is 60.7 Å². The fraction of sp³-hybridized carbons (Fsp3) is 0.360. The Morgan fingerprint density at radius 2 is 1.72 bits per heavy atom. The van der Waals surface area contributed by atoms with Gasteiger partial charge in [-0.1, -0.05) is 56.3 Å². The predicted molar refractivity (Wildman–Crippen MR) is 122 cm³/mol. The Balaban J connectivity index is 1.73. The summed E-state index contributed by atoms with van der Waals surface area (Å²) >= 11 is 0. The highest BCUT2D eigenvalue weighted by molar-refractivity contribution is 6.65. The first-order valence-electron chi connectivity index (χ1n) is 10.6. The average Bonchev–Trinajstić information content (AvgIpc) is 3.05. The van der Waals surface area contributed by atoms with E-state index in [1.54, 1.807) is 0 Å². The summed E-state index contributed by atoms with van der Waals surface area (Å²) in [6, 6.07) is 15.1. The van der Waals surface area contributed by atoms with Gasteiger partial charge < -0.3 is 13.9 Å². The minimum absolute atomic E-state index is 0.0386. The van der Waals surface area contributed by atoms with Crippen LogP contribution < -0.4 is 5.46 Å². The van der Waals surface area contributed by atoms with Gasteiger partial charge in [-0.15, -0.1) is 0 Å². The standard InChI is InChI=1S/C25H28BNO2/c1-24(2)17-28-26(29-25(24,3)4)20-14-10-16-22-23(20)19-13-8-9-15-21(19)27(22)18-11-6-5-7-12-18/h6,8-16H,5,7,17H2,1-4H3. The van der Waals surface area contributed by atoms with Crippen molar-refractivity contribution in [2.75, 3.05) is 6.61 Å². The average molecular weight is 385 g/mol. The molecule has 0 spiro atoms. The van der Waals surface area contributed by atoms with Crippen LogP contribution in [0.5, 0.6) is 0 Å². The molecule has 29 heavy (non-hydrogen) atoms. The molecule has 0 radical (unpaired) electrons. The van der Waals surface area contributed by atoms with Gasteiger partial charge in [0.1, 0.15) is 0 Å². The van der Waals surface area contributed by atoms with Gasteiger partial charge >= 0.3 is 7.12 Å². The molecule has 0 N–H and O–H groups in total. The van der Waals surface area contributed by atoms with Crippen molar-refractivity contribution in [1.29, 1.82) is 0 Å². The number of fused-ring (bicyclic) bond motifs is 3. The first-order valence-corrected chi connectivity index (χ1v) is 10.6. The first kappa shape index (κ1) is 18.7. The summed E-state index contributed by atoms with van der Waals surface area (Å²) in [6.45, 7) is 9.43. The normalized spacial score (nSPS) is 21.0. The molecule has 148 valence electrons. The largest absolute Gasteiger partial charge is 0.495 e. The molecule has 1 aliphatic carbocycles. The van der Waals surface area contributed by atoms with Crippen LogP contribution in [0, 0.1) is 5.41 Å². The first-order chi connectivity index (χ1) is 13.9. The number of rotatable bonds is 2. The lowest BCUT2D eigenvalue weighted by atomic mass is 9.68. The zero-order valence-electron chi connectivity index (χ0n) is 17.7. The number of hydrogen-bond acceptors (Lipinski definition) is 2. The van der Waals surface area contributed by atoms with E-state index >= 15 is 0 Å². The van der Waals surface area contributed by atoms with E-state index in [0.717, 1.165) is 18.3 Å². The van der Waals surface area contributed by atoms with Crippen LogP contribution in [0.3, 0.4) is 0 Å². The van der Waals surface area contributed by atoms with E-state index in [1.165, 1.54) is 27.5 Å². The highest BCUT2D eigenvalue weighted by atomic mass is 16.6. The minimum atomic E-state index is -0.364. The summed E-state index contributed by atoms with van der Waals surface area (Å²) in [5, 5.41) is 2.47. The van der Waals surface area contributed by atoms with E-state index in [4.69, 9.17) is 9.31 Å². The molecular formula is C25H28BNO2. The molecular weight excluding hydrogens is 357 g/mol. The van der Waals surface area contributed by atoms with Crippen LogP contribution in [0.2, 0.25) is 0 Å². The van der Waals surface area contributed by atoms with Crippen LogP contribution in [-0.4, -0.2) is 23.9 Å². The third kappa shape index (κ3) is 2.89. The van der Waals surface area contributed by atoms with E-state index < -0.39 is 0 Å². The molecule has 4 heteroatoms. The van der Waals surface area contributed by atoms with Crippen LogP contribution in [0.15, 0.2) is 60.7 Å². The Labute approximate surface area is 173 Å². The molecule has 2 aliphatic rings. The molecule has 2 aromatic carbocycles. The number of benzene rings is 2. The molecule has 0 saturated carbocycles. The van der Waals surface area contributed by atoms with E-state index in [9.17, 15) is 0 Å². The quantitative estimate of drug-likeness (QED) is 0.542. The van der Waals surface area contributed by atoms with Crippen molar-refractivity contribution >= 4 is 40.1 Å². The smallest absolute Gasteiger partial charge is 0.407 e. The van der Waals surface area contributed by atoms with Gasteiger partial charge in [0.05, 0.1) is 16.6 Å². The molecule has 1 aromatic heterocycles. The lowest BCUT2D eigenvalue weighted by Gasteiger charge is -2.47. The Bertz CT molecular complexity index is 1150. The van der Waals surface area contributed by atoms with Crippen molar-refractivity contribution in [2.45, 2.75) is 46.1 Å². The summed E-state index contributed by atoms with van der Waals surface area (Å²) in [7, 11) is -0.364. The Morgan fingerprint density at radius 1 is 0.931 bits per heavy atom. The summed E-state index contributed by atoms with van der Waals surface area (Å²) in [4.78, 5) is 0. The van der Waals surface area contributed by atoms with Crippen LogP contribution in [0.25, 0.3) is 27.5 Å². The second kappa shape index (κ2) is 6.61. The van der Waals surface area contributed by atoms with Crippen LogP contribution in [-0.2, 0) is 9.31 Å². The lowest BCUT2D eigenvalue weighted by Crippen LogP contribution is -2.58. The Morgan fingerprint density at radius 3 is 2.48 bits per heavy atom. The number of allylic oxidation sites excluding steroid dienone is 4. The summed E-state index contributed by atoms with van der Waals surface area (Å²) < 4.78 is 15.2. The van der Waals surface area contributed by atoms with Crippen molar-refractivity contribution in [1.82, 2.24) is 4.57 Å². The Hall–Kier alpha value is -2.30. The maximum absolute atomic E-state index is 6.53. The zero-order valence-corrected chi connectivity index (χ0v) is 17.7. The monoisotopic (exact) mass is 385 g/mol. The predicted octanol–water partition coefficient (Wildman–Crippen LogP) is 5.53. The highest BCUT2D eigenvalue weighted by Crippen LogP contribution is 2.39. The van der Waals surface area contributed by atoms with Gasteiger partial charge in [-0.25, -0.2) is 0 Å². The van der Waals surface area contributed by atoms with Crippen molar-refractivity contribution in [2.24, 2.45) is 5.41 Å². The minimum Gasteiger partial charge on any atom is -0.407 e. The molecule has 1 fully saturated rings. The van der Waals surface area contributed by atoms with Crippen LogP contribution in [0.4, 0.5) is 0 Å². The van der Waals surface area contributed by atoms with Gasteiger partial charge in [0.15, 0.2) is 0 Å². The third-order valence-corrected chi connectivity index (χ3v) is 6.84. The maximum Gasteiger partial charge on any atom is 0.495 e. The van der Waals surface area contributed by atoms with Gasteiger partial charge in [0, 0.05) is 28.5 Å². The maximum atomic E-state index is 6.53. The molecule has 1 aliphatic heterocycles. The molecule has 3 nitrogen and oxygen atoms in total. The molecule has 2 heterocycles. The van der Waals surface area contributed by atoms with Crippen molar-refractivity contribution in [3.8, 4) is 0 Å². The SMILES string of the molecule is CC1(C)COB(c2cccc3c2c2ccccc2n3C2=CCCC=C2)OC1(C)C. The van der Waals surface area contributed by atoms with Gasteiger partial charge in [0.25, 0.3) is 0 Å². The number of nitrogens with zero attached hydrogens (tertiary/aromatic N) is 1. The summed E-state index contributed by atoms with van der Waals surface area (Å²) in [5.74, 6) is 0. The zero-order chi connectivity index (χ0) is 20.2. The molecule has 1 saturated heterocycles. The number of para-hydroxylation sites is 1. The van der Waals surface area contributed by atoms with Crippen molar-refractivity contribution < 1.29 is 9.31 Å². The molecule has 5 rings (SSSR count). The molecule has 0 atom stereocenters. The van der Waals surface area contributed by atoms with Crippen LogP contribution >= 0.6 is 0 Å². The third-order valence-electron chi connectivity index (χ3n) is 6.84. The highest BCUT2D eigenvalue weighted by Gasteiger charge is 2.47. The fourth-order valence-electron chi connectivity index (χ4n) is 4.36. The summed E-state index contributed by atoms with van der Waals surface area (Å²) in [5.41, 5.74) is 4.47. The second-order valence-corrected chi connectivity index (χ2v) is 9.36. The van der Waals surface area contributed by atoms with Crippen LogP contribution in [0.1, 0.15) is 40.5 Å². The van der Waals surface area contributed by atoms with Gasteiger partial charge in [-0.3, -0.25) is 0 Å². The van der Waals surface area contributed by atoms with E-state index in [1.807, 2.05) is 0 Å². The fourth-order valence-corrected chi connectivity index (χ4v) is 4.36. The summed E-state index contributed by atoms with van der Waals surface area (Å²) in [6.07, 6.45) is 9.02. The van der Waals surface area contributed by atoms with E-state index in [-0.39, 0.29) is 18.1 Å². The van der Waals surface area contributed by atoms with Gasteiger partial charge in [-0.05, 0) is 50.4 Å².